The number of anilines is 2. The predicted molar refractivity (Wildman–Crippen MR) is 89.0 cm³/mol. The van der Waals surface area contributed by atoms with E-state index in [1.807, 2.05) is 44.2 Å². The van der Waals surface area contributed by atoms with Crippen LogP contribution in [0.4, 0.5) is 11.4 Å². The van der Waals surface area contributed by atoms with Gasteiger partial charge in [0.05, 0.1) is 6.42 Å². The van der Waals surface area contributed by atoms with Gasteiger partial charge in [0, 0.05) is 18.3 Å². The summed E-state index contributed by atoms with van der Waals surface area (Å²) >= 11 is 0. The van der Waals surface area contributed by atoms with Gasteiger partial charge in [0.2, 0.25) is 11.8 Å². The SMILES string of the molecule is CC(=O)Nc1ccc(NC(=O)Cc2ccccc2C)cc1C. The molecule has 0 aromatic heterocycles. The summed E-state index contributed by atoms with van der Waals surface area (Å²) in [7, 11) is 0. The van der Waals surface area contributed by atoms with Crippen LogP contribution in [0, 0.1) is 13.8 Å². The Morgan fingerprint density at radius 1 is 0.955 bits per heavy atom. The number of benzene rings is 2. The summed E-state index contributed by atoms with van der Waals surface area (Å²) in [6.07, 6.45) is 0.346. The van der Waals surface area contributed by atoms with Crippen LogP contribution in [0.3, 0.4) is 0 Å². The van der Waals surface area contributed by atoms with Crippen molar-refractivity contribution in [2.75, 3.05) is 10.6 Å². The molecule has 114 valence electrons. The van der Waals surface area contributed by atoms with Gasteiger partial charge in [-0.1, -0.05) is 24.3 Å². The van der Waals surface area contributed by atoms with Gasteiger partial charge in [-0.05, 0) is 48.7 Å². The third-order valence-corrected chi connectivity index (χ3v) is 3.43. The molecule has 22 heavy (non-hydrogen) atoms. The summed E-state index contributed by atoms with van der Waals surface area (Å²) in [6.45, 7) is 5.36. The monoisotopic (exact) mass is 296 g/mol. The van der Waals surface area contributed by atoms with E-state index in [9.17, 15) is 9.59 Å². The lowest BCUT2D eigenvalue weighted by molar-refractivity contribution is -0.116. The highest BCUT2D eigenvalue weighted by molar-refractivity contribution is 5.94. The minimum Gasteiger partial charge on any atom is -0.326 e. The molecule has 2 aromatic carbocycles. The number of hydrogen-bond acceptors (Lipinski definition) is 2. The lowest BCUT2D eigenvalue weighted by atomic mass is 10.1. The molecule has 0 unspecified atom stereocenters. The Bertz CT molecular complexity index is 708. The second kappa shape index (κ2) is 6.89. The van der Waals surface area contributed by atoms with Gasteiger partial charge in [-0.2, -0.15) is 0 Å². The third-order valence-electron chi connectivity index (χ3n) is 3.43. The Morgan fingerprint density at radius 3 is 2.32 bits per heavy atom. The molecule has 0 saturated heterocycles. The van der Waals surface area contributed by atoms with Gasteiger partial charge in [-0.15, -0.1) is 0 Å². The van der Waals surface area contributed by atoms with E-state index >= 15 is 0 Å². The molecule has 0 atom stereocenters. The molecule has 2 N–H and O–H groups in total. The number of carbonyl (C=O) groups is 2. The molecule has 0 aliphatic carbocycles. The van der Waals surface area contributed by atoms with Crippen LogP contribution in [-0.4, -0.2) is 11.8 Å². The van der Waals surface area contributed by atoms with Gasteiger partial charge in [-0.3, -0.25) is 9.59 Å². The largest absolute Gasteiger partial charge is 0.326 e. The lowest BCUT2D eigenvalue weighted by Crippen LogP contribution is -2.15. The minimum atomic E-state index is -0.112. The van der Waals surface area contributed by atoms with Crippen molar-refractivity contribution in [3.8, 4) is 0 Å². The molecular weight excluding hydrogens is 276 g/mol. The summed E-state index contributed by atoms with van der Waals surface area (Å²) in [5.74, 6) is -0.166. The zero-order valence-corrected chi connectivity index (χ0v) is 13.1. The molecule has 0 radical (unpaired) electrons. The normalized spacial score (nSPS) is 10.1. The highest BCUT2D eigenvalue weighted by Crippen LogP contribution is 2.20. The molecule has 0 spiro atoms. The van der Waals surface area contributed by atoms with Crippen LogP contribution in [-0.2, 0) is 16.0 Å². The predicted octanol–water partition coefficient (Wildman–Crippen LogP) is 3.44. The maximum absolute atomic E-state index is 12.1. The van der Waals surface area contributed by atoms with Crippen LogP contribution in [0.5, 0.6) is 0 Å². The Labute approximate surface area is 130 Å². The minimum absolute atomic E-state index is 0.0547. The van der Waals surface area contributed by atoms with Crippen molar-refractivity contribution in [2.45, 2.75) is 27.2 Å². The van der Waals surface area contributed by atoms with Gasteiger partial charge in [0.15, 0.2) is 0 Å². The summed E-state index contributed by atoms with van der Waals surface area (Å²) < 4.78 is 0. The van der Waals surface area contributed by atoms with E-state index in [0.29, 0.717) is 6.42 Å². The first kappa shape index (κ1) is 15.8. The second-order valence-corrected chi connectivity index (χ2v) is 5.36. The summed E-state index contributed by atoms with van der Waals surface area (Å²) in [4.78, 5) is 23.2. The van der Waals surface area contributed by atoms with Crippen molar-refractivity contribution in [1.29, 1.82) is 0 Å². The van der Waals surface area contributed by atoms with Crippen molar-refractivity contribution in [3.63, 3.8) is 0 Å². The maximum Gasteiger partial charge on any atom is 0.228 e. The molecule has 0 bridgehead atoms. The van der Waals surface area contributed by atoms with Crippen LogP contribution < -0.4 is 10.6 Å². The zero-order valence-electron chi connectivity index (χ0n) is 13.1. The molecule has 0 aliphatic heterocycles. The fraction of sp³-hybridized carbons (Fsp3) is 0.222. The second-order valence-electron chi connectivity index (χ2n) is 5.36. The maximum atomic E-state index is 12.1. The molecule has 0 aliphatic rings. The number of nitrogens with one attached hydrogen (secondary N) is 2. The van der Waals surface area contributed by atoms with Gasteiger partial charge >= 0.3 is 0 Å². The fourth-order valence-corrected chi connectivity index (χ4v) is 2.26. The van der Waals surface area contributed by atoms with Crippen LogP contribution in [0.15, 0.2) is 42.5 Å². The smallest absolute Gasteiger partial charge is 0.228 e. The average Bonchev–Trinajstić information content (AvgIpc) is 2.44. The summed E-state index contributed by atoms with van der Waals surface area (Å²) in [5, 5.41) is 5.64. The van der Waals surface area contributed by atoms with Crippen molar-refractivity contribution >= 4 is 23.2 Å². The molecule has 4 nitrogen and oxygen atoms in total. The Balaban J connectivity index is 2.04. The number of amides is 2. The number of hydrogen-bond donors (Lipinski definition) is 2. The highest BCUT2D eigenvalue weighted by Gasteiger charge is 2.07. The molecule has 2 amide bonds. The molecular formula is C18H20N2O2. The molecule has 2 aromatic rings. The quantitative estimate of drug-likeness (QED) is 0.908. The van der Waals surface area contributed by atoms with E-state index in [1.165, 1.54) is 6.92 Å². The van der Waals surface area contributed by atoms with E-state index in [4.69, 9.17) is 0 Å². The van der Waals surface area contributed by atoms with Crippen molar-refractivity contribution < 1.29 is 9.59 Å². The van der Waals surface area contributed by atoms with E-state index in [1.54, 1.807) is 12.1 Å². The van der Waals surface area contributed by atoms with Crippen LogP contribution >= 0.6 is 0 Å². The average molecular weight is 296 g/mol. The topological polar surface area (TPSA) is 58.2 Å². The van der Waals surface area contributed by atoms with Crippen LogP contribution in [0.2, 0.25) is 0 Å². The van der Waals surface area contributed by atoms with Crippen LogP contribution in [0.1, 0.15) is 23.6 Å². The standard InChI is InChI=1S/C18H20N2O2/c1-12-6-4-5-7-15(12)11-18(22)20-16-8-9-17(13(2)10-16)19-14(3)21/h4-10H,11H2,1-3H3,(H,19,21)(H,20,22). The third kappa shape index (κ3) is 4.19. The molecule has 0 fully saturated rings. The van der Waals surface area contributed by atoms with E-state index in [0.717, 1.165) is 28.1 Å². The number of aryl methyl sites for hydroxylation is 2. The number of carbonyl (C=O) groups excluding carboxylic acids is 2. The molecule has 2 rings (SSSR count). The highest BCUT2D eigenvalue weighted by atomic mass is 16.2. The number of rotatable bonds is 4. The van der Waals surface area contributed by atoms with Crippen molar-refractivity contribution in [3.05, 3.63) is 59.2 Å². The fourth-order valence-electron chi connectivity index (χ4n) is 2.26. The van der Waals surface area contributed by atoms with Gasteiger partial charge < -0.3 is 10.6 Å². The molecule has 0 saturated carbocycles. The Kier molecular flexibility index (Phi) is 4.94. The van der Waals surface area contributed by atoms with E-state index < -0.39 is 0 Å². The zero-order chi connectivity index (χ0) is 16.1. The van der Waals surface area contributed by atoms with E-state index in [2.05, 4.69) is 10.6 Å². The Morgan fingerprint density at radius 2 is 1.68 bits per heavy atom. The van der Waals surface area contributed by atoms with Gasteiger partial charge in [0.25, 0.3) is 0 Å². The van der Waals surface area contributed by atoms with Crippen LogP contribution in [0.25, 0.3) is 0 Å². The molecule has 0 heterocycles. The van der Waals surface area contributed by atoms with Gasteiger partial charge in [0.1, 0.15) is 0 Å². The molecule has 4 heteroatoms. The first-order valence-electron chi connectivity index (χ1n) is 7.18. The summed E-state index contributed by atoms with van der Waals surface area (Å²) in [5.41, 5.74) is 4.51. The first-order chi connectivity index (χ1) is 10.5. The van der Waals surface area contributed by atoms with Gasteiger partial charge in [-0.25, -0.2) is 0 Å². The first-order valence-corrected chi connectivity index (χ1v) is 7.18. The van der Waals surface area contributed by atoms with Crippen molar-refractivity contribution in [2.24, 2.45) is 0 Å². The summed E-state index contributed by atoms with van der Waals surface area (Å²) in [6, 6.07) is 13.3. The Hall–Kier alpha value is -2.62. The lowest BCUT2D eigenvalue weighted by Gasteiger charge is -2.11. The van der Waals surface area contributed by atoms with E-state index in [-0.39, 0.29) is 11.8 Å². The van der Waals surface area contributed by atoms with Crippen molar-refractivity contribution in [1.82, 2.24) is 0 Å².